The van der Waals surface area contributed by atoms with E-state index in [-0.39, 0.29) is 0 Å². The summed E-state index contributed by atoms with van der Waals surface area (Å²) in [4.78, 5) is 0. The Morgan fingerprint density at radius 1 is 1.35 bits per heavy atom. The number of nitrogens with one attached hydrogen (secondary N) is 1. The summed E-state index contributed by atoms with van der Waals surface area (Å²) in [5.74, 6) is 0. The molecule has 0 radical (unpaired) electrons. The van der Waals surface area contributed by atoms with Gasteiger partial charge in [-0.2, -0.15) is 11.8 Å². The van der Waals surface area contributed by atoms with Gasteiger partial charge in [-0.05, 0) is 44.1 Å². The van der Waals surface area contributed by atoms with Crippen LogP contribution in [-0.4, -0.2) is 17.5 Å². The minimum atomic E-state index is 0.342. The number of rotatable bonds is 4. The van der Waals surface area contributed by atoms with Gasteiger partial charge in [-0.15, -0.1) is 0 Å². The van der Waals surface area contributed by atoms with Gasteiger partial charge >= 0.3 is 0 Å². The molecule has 3 unspecified atom stereocenters. The third-order valence-electron chi connectivity index (χ3n) is 3.58. The number of hydrogen-bond donors (Lipinski definition) is 1. The van der Waals surface area contributed by atoms with Crippen molar-refractivity contribution in [3.8, 4) is 0 Å². The van der Waals surface area contributed by atoms with Gasteiger partial charge in [0.2, 0.25) is 0 Å². The van der Waals surface area contributed by atoms with E-state index < -0.39 is 0 Å². The Morgan fingerprint density at radius 2 is 2.12 bits per heavy atom. The van der Waals surface area contributed by atoms with E-state index in [0.717, 1.165) is 10.3 Å². The molecule has 0 heterocycles. The largest absolute Gasteiger partial charge is 0.307 e. The van der Waals surface area contributed by atoms with Crippen molar-refractivity contribution >= 4 is 23.4 Å². The molecule has 2 rings (SSSR count). The van der Waals surface area contributed by atoms with Crippen molar-refractivity contribution < 1.29 is 0 Å². The Morgan fingerprint density at radius 3 is 2.76 bits per heavy atom. The van der Waals surface area contributed by atoms with E-state index in [4.69, 9.17) is 11.6 Å². The van der Waals surface area contributed by atoms with Gasteiger partial charge in [-0.1, -0.05) is 29.8 Å². The molecule has 1 aliphatic rings. The zero-order valence-corrected chi connectivity index (χ0v) is 12.0. The normalized spacial score (nSPS) is 26.1. The summed E-state index contributed by atoms with van der Waals surface area (Å²) in [5.41, 5.74) is 1.21. The highest BCUT2D eigenvalue weighted by Crippen LogP contribution is 2.30. The maximum Gasteiger partial charge on any atom is 0.0453 e. The van der Waals surface area contributed by atoms with Crippen molar-refractivity contribution in [3.05, 3.63) is 34.9 Å². The highest BCUT2D eigenvalue weighted by molar-refractivity contribution is 7.99. The summed E-state index contributed by atoms with van der Waals surface area (Å²) in [6.07, 6.45) is 6.13. The summed E-state index contributed by atoms with van der Waals surface area (Å²) < 4.78 is 0. The first-order chi connectivity index (χ1) is 8.20. The Kier molecular flexibility index (Phi) is 4.78. The first kappa shape index (κ1) is 13.3. The lowest BCUT2D eigenvalue weighted by Gasteiger charge is -2.20. The molecule has 0 amide bonds. The first-order valence-electron chi connectivity index (χ1n) is 6.24. The maximum atomic E-state index is 6.22. The zero-order valence-electron chi connectivity index (χ0n) is 10.4. The van der Waals surface area contributed by atoms with Gasteiger partial charge in [0.15, 0.2) is 0 Å². The second kappa shape index (κ2) is 6.12. The van der Waals surface area contributed by atoms with Crippen LogP contribution in [-0.2, 0) is 0 Å². The van der Waals surface area contributed by atoms with Gasteiger partial charge in [0.05, 0.1) is 0 Å². The Labute approximate surface area is 113 Å². The van der Waals surface area contributed by atoms with Gasteiger partial charge in [-0.3, -0.25) is 0 Å². The Balaban J connectivity index is 1.94. The van der Waals surface area contributed by atoms with Gasteiger partial charge in [-0.25, -0.2) is 0 Å². The van der Waals surface area contributed by atoms with E-state index >= 15 is 0 Å². The van der Waals surface area contributed by atoms with Gasteiger partial charge in [0, 0.05) is 22.4 Å². The summed E-state index contributed by atoms with van der Waals surface area (Å²) in [5, 5.41) is 5.41. The van der Waals surface area contributed by atoms with Crippen LogP contribution in [0.5, 0.6) is 0 Å². The lowest BCUT2D eigenvalue weighted by Crippen LogP contribution is -2.29. The number of halogens is 1. The summed E-state index contributed by atoms with van der Waals surface area (Å²) in [7, 11) is 0. The fourth-order valence-electron chi connectivity index (χ4n) is 2.58. The molecule has 0 spiro atoms. The zero-order chi connectivity index (χ0) is 12.3. The van der Waals surface area contributed by atoms with Gasteiger partial charge in [0.25, 0.3) is 0 Å². The molecule has 0 aromatic heterocycles. The van der Waals surface area contributed by atoms with E-state index in [0.29, 0.717) is 12.1 Å². The second-order valence-electron chi connectivity index (χ2n) is 4.78. The smallest absolute Gasteiger partial charge is 0.0453 e. The van der Waals surface area contributed by atoms with Crippen LogP contribution in [0.4, 0.5) is 0 Å². The molecule has 17 heavy (non-hydrogen) atoms. The van der Waals surface area contributed by atoms with Gasteiger partial charge in [0.1, 0.15) is 0 Å². The van der Waals surface area contributed by atoms with Crippen molar-refractivity contribution in [2.75, 3.05) is 6.26 Å². The van der Waals surface area contributed by atoms with E-state index in [1.807, 2.05) is 23.9 Å². The molecular formula is C14H20ClNS. The van der Waals surface area contributed by atoms with Crippen LogP contribution in [0.25, 0.3) is 0 Å². The van der Waals surface area contributed by atoms with Crippen LogP contribution >= 0.6 is 23.4 Å². The van der Waals surface area contributed by atoms with Crippen molar-refractivity contribution in [2.45, 2.75) is 43.5 Å². The fraction of sp³-hybridized carbons (Fsp3) is 0.571. The molecule has 3 atom stereocenters. The maximum absolute atomic E-state index is 6.22. The highest BCUT2D eigenvalue weighted by atomic mass is 35.5. The minimum absolute atomic E-state index is 0.342. The van der Waals surface area contributed by atoms with Crippen LogP contribution in [0, 0.1) is 0 Å². The van der Waals surface area contributed by atoms with Crippen LogP contribution in [0.3, 0.4) is 0 Å². The monoisotopic (exact) mass is 269 g/mol. The molecule has 1 aliphatic carbocycles. The van der Waals surface area contributed by atoms with E-state index in [1.54, 1.807) is 0 Å². The molecule has 1 nitrogen and oxygen atoms in total. The highest BCUT2D eigenvalue weighted by Gasteiger charge is 2.25. The fourth-order valence-corrected chi connectivity index (χ4v) is 3.67. The van der Waals surface area contributed by atoms with E-state index in [9.17, 15) is 0 Å². The molecule has 3 heteroatoms. The van der Waals surface area contributed by atoms with Crippen LogP contribution in [0.2, 0.25) is 5.02 Å². The topological polar surface area (TPSA) is 12.0 Å². The Hall–Kier alpha value is -0.180. The molecule has 1 aromatic rings. The standard InChI is InChI=1S/C14H20ClNS/c1-10(13-5-3-4-6-14(13)15)16-11-7-8-12(9-11)17-2/h3-6,10-12,16H,7-9H2,1-2H3. The molecule has 1 fully saturated rings. The quantitative estimate of drug-likeness (QED) is 0.876. The van der Waals surface area contributed by atoms with Crippen molar-refractivity contribution in [3.63, 3.8) is 0 Å². The molecule has 0 aliphatic heterocycles. The van der Waals surface area contributed by atoms with Crippen LogP contribution in [0.15, 0.2) is 24.3 Å². The third kappa shape index (κ3) is 3.40. The first-order valence-corrected chi connectivity index (χ1v) is 7.90. The molecule has 1 aromatic carbocycles. The molecule has 0 saturated heterocycles. The predicted octanol–water partition coefficient (Wildman–Crippen LogP) is 4.27. The SMILES string of the molecule is CSC1CCC(NC(C)c2ccccc2Cl)C1. The number of hydrogen-bond acceptors (Lipinski definition) is 2. The molecule has 0 bridgehead atoms. The number of thioether (sulfide) groups is 1. The van der Waals surface area contributed by atoms with Crippen LogP contribution in [0.1, 0.15) is 37.8 Å². The predicted molar refractivity (Wildman–Crippen MR) is 77.9 cm³/mol. The summed E-state index contributed by atoms with van der Waals surface area (Å²) >= 11 is 8.21. The average Bonchev–Trinajstić information content (AvgIpc) is 2.77. The van der Waals surface area contributed by atoms with E-state index in [2.05, 4.69) is 30.6 Å². The minimum Gasteiger partial charge on any atom is -0.307 e. The lowest BCUT2D eigenvalue weighted by atomic mass is 10.1. The second-order valence-corrected chi connectivity index (χ2v) is 6.32. The van der Waals surface area contributed by atoms with E-state index in [1.165, 1.54) is 24.8 Å². The summed E-state index contributed by atoms with van der Waals surface area (Å²) in [6.45, 7) is 2.20. The van der Waals surface area contributed by atoms with Crippen molar-refractivity contribution in [1.82, 2.24) is 5.32 Å². The third-order valence-corrected chi connectivity index (χ3v) is 5.01. The molecular weight excluding hydrogens is 250 g/mol. The Bertz CT molecular complexity index is 369. The average molecular weight is 270 g/mol. The van der Waals surface area contributed by atoms with Crippen molar-refractivity contribution in [1.29, 1.82) is 0 Å². The van der Waals surface area contributed by atoms with Crippen LogP contribution < -0.4 is 5.32 Å². The van der Waals surface area contributed by atoms with Gasteiger partial charge < -0.3 is 5.32 Å². The molecule has 1 N–H and O–H groups in total. The molecule has 94 valence electrons. The summed E-state index contributed by atoms with van der Waals surface area (Å²) in [6, 6.07) is 9.11. The lowest BCUT2D eigenvalue weighted by molar-refractivity contribution is 0.462. The van der Waals surface area contributed by atoms with Crippen molar-refractivity contribution in [2.24, 2.45) is 0 Å². The number of benzene rings is 1. The molecule has 1 saturated carbocycles.